The number of nitriles is 1. The van der Waals surface area contributed by atoms with Crippen LogP contribution in [0.2, 0.25) is 0 Å². The van der Waals surface area contributed by atoms with Gasteiger partial charge in [-0.3, -0.25) is 24.1 Å². The second-order valence-corrected chi connectivity index (χ2v) is 19.3. The van der Waals surface area contributed by atoms with Gasteiger partial charge in [-0.05, 0) is 74.5 Å². The second kappa shape index (κ2) is 22.9. The van der Waals surface area contributed by atoms with Crippen molar-refractivity contribution in [1.29, 1.82) is 5.26 Å². The Labute approximate surface area is 416 Å². The first kappa shape index (κ1) is 54.1. The van der Waals surface area contributed by atoms with Gasteiger partial charge in [0.25, 0.3) is 11.8 Å². The van der Waals surface area contributed by atoms with E-state index in [2.05, 4.69) is 20.6 Å². The standard InChI is InChI=1S/C48H53F5N8O8S2/c1-28-39(71-27-57-28)30-11-9-29(10-12-30)24-55-41(63)35-8-7-15-59(35)43(64)40(46(2,3)4)58-36(62)26-68-19-18-66-16-17-67-20-21-69-42-33(49)22-32(25-56-42)61-45(70)60(44(65)47(61,5)6)34-14-13-31(23-54)37(38(34)50)48(51,52)53/h9-14,22,25,27,35,40H,7-8,15-21,24,26H2,1-6H3,(H,55,63)(H,58,62)/t35?,40-/m1/s1. The third kappa shape index (κ3) is 12.7. The highest BCUT2D eigenvalue weighted by Gasteiger charge is 2.52. The number of carbonyl (C=O) groups is 4. The van der Waals surface area contributed by atoms with Crippen molar-refractivity contribution in [3.8, 4) is 22.4 Å². The molecule has 2 fully saturated rings. The number of hydrogen-bond donors (Lipinski definition) is 2. The van der Waals surface area contributed by atoms with Crippen LogP contribution >= 0.6 is 23.6 Å². The van der Waals surface area contributed by atoms with Crippen molar-refractivity contribution < 1.29 is 60.1 Å². The van der Waals surface area contributed by atoms with Crippen molar-refractivity contribution in [2.45, 2.75) is 84.7 Å². The molecule has 2 atom stereocenters. The van der Waals surface area contributed by atoms with Crippen molar-refractivity contribution in [2.24, 2.45) is 5.41 Å². The molecule has 0 aliphatic carbocycles. The summed E-state index contributed by atoms with van der Waals surface area (Å²) in [6.07, 6.45) is -2.98. The Morgan fingerprint density at radius 1 is 0.986 bits per heavy atom. The van der Waals surface area contributed by atoms with Gasteiger partial charge in [-0.1, -0.05) is 45.0 Å². The predicted octanol–water partition coefficient (Wildman–Crippen LogP) is 6.87. The van der Waals surface area contributed by atoms with Crippen LogP contribution in [0.25, 0.3) is 10.4 Å². The summed E-state index contributed by atoms with van der Waals surface area (Å²) < 4.78 is 93.5. The largest absolute Gasteiger partial charge is 0.473 e. The number of hydrogen-bond acceptors (Lipinski definition) is 13. The summed E-state index contributed by atoms with van der Waals surface area (Å²) in [6.45, 7) is 10.8. The number of benzene rings is 2. The van der Waals surface area contributed by atoms with Crippen molar-refractivity contribution in [1.82, 2.24) is 25.5 Å². The minimum Gasteiger partial charge on any atom is -0.473 e. The van der Waals surface area contributed by atoms with Crippen LogP contribution < -0.4 is 25.2 Å². The Bertz CT molecular complexity index is 2660. The number of carbonyl (C=O) groups excluding carboxylic acids is 4. The lowest BCUT2D eigenvalue weighted by atomic mass is 9.85. The average molecular weight is 1030 g/mol. The molecule has 2 aliphatic heterocycles. The minimum atomic E-state index is -5.25. The normalized spacial score (nSPS) is 16.3. The van der Waals surface area contributed by atoms with Gasteiger partial charge in [-0.15, -0.1) is 11.3 Å². The summed E-state index contributed by atoms with van der Waals surface area (Å²) in [7, 11) is 0. The van der Waals surface area contributed by atoms with Crippen molar-refractivity contribution in [3.05, 3.63) is 88.2 Å². The van der Waals surface area contributed by atoms with Gasteiger partial charge in [0.1, 0.15) is 36.4 Å². The Kier molecular flexibility index (Phi) is 17.5. The lowest BCUT2D eigenvalue weighted by molar-refractivity contribution is -0.144. The van der Waals surface area contributed by atoms with E-state index in [9.17, 15) is 32.3 Å². The van der Waals surface area contributed by atoms with Gasteiger partial charge >= 0.3 is 6.18 Å². The maximum atomic E-state index is 15.3. The van der Waals surface area contributed by atoms with Gasteiger partial charge < -0.3 is 39.4 Å². The van der Waals surface area contributed by atoms with Gasteiger partial charge in [0, 0.05) is 19.2 Å². The summed E-state index contributed by atoms with van der Waals surface area (Å²) in [6, 6.07) is 10.1. The first-order chi connectivity index (χ1) is 33.6. The molecule has 2 aliphatic rings. The summed E-state index contributed by atoms with van der Waals surface area (Å²) in [4.78, 5) is 66.3. The van der Waals surface area contributed by atoms with E-state index in [0.717, 1.165) is 51.0 Å². The number of nitrogens with one attached hydrogen (secondary N) is 2. The van der Waals surface area contributed by atoms with Gasteiger partial charge in [-0.25, -0.2) is 18.7 Å². The number of pyridine rings is 1. The molecule has 2 saturated heterocycles. The van der Waals surface area contributed by atoms with E-state index in [1.54, 1.807) is 21.7 Å². The molecule has 2 N–H and O–H groups in total. The molecule has 2 aromatic heterocycles. The van der Waals surface area contributed by atoms with Gasteiger partial charge in [0.15, 0.2) is 16.7 Å². The number of aromatic nitrogens is 2. The molecule has 380 valence electrons. The first-order valence-corrected chi connectivity index (χ1v) is 23.7. The average Bonchev–Trinajstić information content (AvgIpc) is 4.02. The van der Waals surface area contributed by atoms with E-state index in [0.29, 0.717) is 30.8 Å². The molecule has 0 bridgehead atoms. The number of ether oxygens (including phenoxy) is 4. The van der Waals surface area contributed by atoms with E-state index in [1.165, 1.54) is 19.9 Å². The lowest BCUT2D eigenvalue weighted by Gasteiger charge is -2.35. The van der Waals surface area contributed by atoms with Crippen LogP contribution in [0.4, 0.5) is 33.3 Å². The third-order valence-electron chi connectivity index (χ3n) is 11.6. The van der Waals surface area contributed by atoms with E-state index in [1.807, 2.05) is 52.0 Å². The van der Waals surface area contributed by atoms with Crippen LogP contribution in [0.5, 0.6) is 5.88 Å². The summed E-state index contributed by atoms with van der Waals surface area (Å²) in [5.41, 5.74) is -1.31. The Hall–Kier alpha value is -6.19. The first-order valence-electron chi connectivity index (χ1n) is 22.4. The fourth-order valence-electron chi connectivity index (χ4n) is 7.97. The number of rotatable bonds is 20. The highest BCUT2D eigenvalue weighted by Crippen LogP contribution is 2.42. The second-order valence-electron chi connectivity index (χ2n) is 18.1. The van der Waals surface area contributed by atoms with E-state index in [-0.39, 0.29) is 63.7 Å². The smallest absolute Gasteiger partial charge is 0.420 e. The summed E-state index contributed by atoms with van der Waals surface area (Å²) in [5, 5.41) is 14.4. The SMILES string of the molecule is Cc1ncsc1-c1ccc(CNC(=O)C2CCCN2C(=O)[C@@H](NC(=O)COCCOCCOCCOc2ncc(N3C(=S)N(c4ccc(C#N)c(C(F)(F)F)c4F)C(=O)C3(C)C)cc2F)C(C)(C)C)cc1. The van der Waals surface area contributed by atoms with Crippen LogP contribution in [0, 0.1) is 35.3 Å². The third-order valence-corrected chi connectivity index (χ3v) is 13.0. The quantitative estimate of drug-likeness (QED) is 0.0531. The van der Waals surface area contributed by atoms with E-state index < -0.39 is 80.5 Å². The molecule has 2 aromatic carbocycles. The van der Waals surface area contributed by atoms with Crippen molar-refractivity contribution in [2.75, 3.05) is 62.6 Å². The van der Waals surface area contributed by atoms with E-state index in [4.69, 9.17) is 36.4 Å². The zero-order valence-corrected chi connectivity index (χ0v) is 41.4. The fraction of sp³-hybridized carbons (Fsp3) is 0.458. The summed E-state index contributed by atoms with van der Waals surface area (Å²) >= 11 is 6.96. The van der Waals surface area contributed by atoms with Crippen molar-refractivity contribution >= 4 is 63.7 Å². The van der Waals surface area contributed by atoms with Gasteiger partial charge in [-0.2, -0.15) is 18.4 Å². The lowest BCUT2D eigenvalue weighted by Crippen LogP contribution is -2.58. The molecule has 16 nitrogen and oxygen atoms in total. The molecule has 23 heteroatoms. The molecule has 4 heterocycles. The summed E-state index contributed by atoms with van der Waals surface area (Å²) in [5.74, 6) is -5.29. The molecule has 0 spiro atoms. The zero-order valence-electron chi connectivity index (χ0n) is 39.8. The number of alkyl halides is 3. The molecule has 4 amide bonds. The highest BCUT2D eigenvalue weighted by atomic mass is 32.1. The molecule has 0 saturated carbocycles. The van der Waals surface area contributed by atoms with Gasteiger partial charge in [0.2, 0.25) is 17.7 Å². The maximum absolute atomic E-state index is 15.3. The molecule has 0 radical (unpaired) electrons. The Morgan fingerprint density at radius 3 is 2.25 bits per heavy atom. The molecular weight excluding hydrogens is 976 g/mol. The molecule has 6 rings (SSSR count). The number of halogens is 5. The topological polar surface area (TPSA) is 189 Å². The molecular formula is C48H53F5N8O8S2. The molecule has 4 aromatic rings. The predicted molar refractivity (Wildman–Crippen MR) is 255 cm³/mol. The Morgan fingerprint density at radius 2 is 1.65 bits per heavy atom. The van der Waals surface area contributed by atoms with Crippen LogP contribution in [0.1, 0.15) is 69.8 Å². The van der Waals surface area contributed by atoms with Crippen molar-refractivity contribution in [3.63, 3.8) is 0 Å². The molecule has 71 heavy (non-hydrogen) atoms. The minimum absolute atomic E-state index is 0.00530. The van der Waals surface area contributed by atoms with Crippen LogP contribution in [-0.2, 0) is 46.1 Å². The van der Waals surface area contributed by atoms with E-state index >= 15 is 8.78 Å². The monoisotopic (exact) mass is 1030 g/mol. The number of thiazole rings is 1. The Balaban J connectivity index is 0.878. The number of nitrogens with zero attached hydrogens (tertiary/aromatic N) is 6. The highest BCUT2D eigenvalue weighted by molar-refractivity contribution is 7.81. The number of aryl methyl sites for hydroxylation is 1. The number of thiocarbonyl (C=S) groups is 1. The zero-order chi connectivity index (χ0) is 51.8. The number of amides is 4. The van der Waals surface area contributed by atoms with Crippen LogP contribution in [0.15, 0.2) is 54.2 Å². The molecule has 1 unspecified atom stereocenters. The number of anilines is 2. The number of likely N-dealkylation sites (tertiary alicyclic amines) is 1. The van der Waals surface area contributed by atoms with Crippen LogP contribution in [0.3, 0.4) is 0 Å². The fourth-order valence-corrected chi connectivity index (χ4v) is 9.30. The van der Waals surface area contributed by atoms with Crippen LogP contribution in [-0.4, -0.2) is 114 Å². The maximum Gasteiger partial charge on any atom is 0.420 e. The van der Waals surface area contributed by atoms with Gasteiger partial charge in [0.05, 0.1) is 78.3 Å².